The summed E-state index contributed by atoms with van der Waals surface area (Å²) in [5.74, 6) is -2.84. The number of ether oxygens (including phenoxy) is 2. The van der Waals surface area contributed by atoms with Crippen molar-refractivity contribution in [3.05, 3.63) is 47.2 Å². The van der Waals surface area contributed by atoms with Gasteiger partial charge in [0.25, 0.3) is 5.91 Å². The normalized spacial score (nSPS) is 26.3. The number of fused-ring (bicyclic) bond motifs is 1. The van der Waals surface area contributed by atoms with Crippen molar-refractivity contribution >= 4 is 30.8 Å². The highest BCUT2D eigenvalue weighted by Crippen LogP contribution is 2.45. The van der Waals surface area contributed by atoms with Gasteiger partial charge in [-0.2, -0.15) is 0 Å². The SMILES string of the molecule is COc1ccc2c(n1)CCN(C(=O)C1CC(CC3(O)CO3)C1)[C@H]2C(=O)Nc1cc(F)c([Si](C)(C)C)c(F)c1. The summed E-state index contributed by atoms with van der Waals surface area (Å²) < 4.78 is 40.0. The first-order valence-electron chi connectivity index (χ1n) is 12.9. The molecule has 1 saturated carbocycles. The number of anilines is 1. The van der Waals surface area contributed by atoms with Crippen LogP contribution < -0.4 is 15.2 Å². The molecule has 3 heterocycles. The van der Waals surface area contributed by atoms with Crippen molar-refractivity contribution in [3.63, 3.8) is 0 Å². The van der Waals surface area contributed by atoms with E-state index in [0.29, 0.717) is 49.4 Å². The van der Waals surface area contributed by atoms with Gasteiger partial charge in [-0.15, -0.1) is 0 Å². The van der Waals surface area contributed by atoms with Crippen LogP contribution in [0, 0.1) is 23.5 Å². The van der Waals surface area contributed by atoms with Crippen LogP contribution in [0.25, 0.3) is 0 Å². The zero-order valence-corrected chi connectivity index (χ0v) is 23.0. The lowest BCUT2D eigenvalue weighted by Gasteiger charge is -2.42. The quantitative estimate of drug-likeness (QED) is 0.409. The Labute approximate surface area is 221 Å². The minimum Gasteiger partial charge on any atom is -0.481 e. The van der Waals surface area contributed by atoms with Crippen molar-refractivity contribution in [2.45, 2.75) is 57.2 Å². The maximum absolute atomic E-state index is 14.9. The van der Waals surface area contributed by atoms with Crippen molar-refractivity contribution in [3.8, 4) is 5.88 Å². The zero-order valence-electron chi connectivity index (χ0n) is 22.0. The van der Waals surface area contributed by atoms with Gasteiger partial charge in [0.05, 0.1) is 20.9 Å². The molecule has 2 aromatic rings. The molecule has 38 heavy (non-hydrogen) atoms. The van der Waals surface area contributed by atoms with Gasteiger partial charge in [-0.3, -0.25) is 9.59 Å². The molecule has 2 fully saturated rings. The second-order valence-electron chi connectivity index (χ2n) is 11.6. The number of nitrogens with zero attached hydrogens (tertiary/aromatic N) is 2. The predicted octanol–water partition coefficient (Wildman–Crippen LogP) is 3.11. The number of halogens is 2. The summed E-state index contributed by atoms with van der Waals surface area (Å²) in [6.07, 6.45) is 2.16. The summed E-state index contributed by atoms with van der Waals surface area (Å²) in [6.45, 7) is 6.14. The van der Waals surface area contributed by atoms with E-state index < -0.39 is 37.4 Å². The highest BCUT2D eigenvalue weighted by atomic mass is 28.3. The number of rotatable bonds is 7. The van der Waals surface area contributed by atoms with E-state index in [4.69, 9.17) is 9.47 Å². The maximum Gasteiger partial charge on any atom is 0.251 e. The van der Waals surface area contributed by atoms with Crippen LogP contribution in [0.5, 0.6) is 5.88 Å². The number of methoxy groups -OCH3 is 1. The molecule has 2 aliphatic heterocycles. The summed E-state index contributed by atoms with van der Waals surface area (Å²) in [4.78, 5) is 33.2. The molecule has 2 amide bonds. The van der Waals surface area contributed by atoms with Gasteiger partial charge in [-0.25, -0.2) is 13.8 Å². The van der Waals surface area contributed by atoms with E-state index in [-0.39, 0.29) is 35.2 Å². The van der Waals surface area contributed by atoms with E-state index in [0.717, 1.165) is 12.1 Å². The third-order valence-electron chi connectivity index (χ3n) is 7.65. The van der Waals surface area contributed by atoms with Crippen LogP contribution >= 0.6 is 0 Å². The molecule has 2 N–H and O–H groups in total. The Morgan fingerprint density at radius 2 is 1.89 bits per heavy atom. The van der Waals surface area contributed by atoms with Crippen molar-refractivity contribution in [1.82, 2.24) is 9.88 Å². The van der Waals surface area contributed by atoms with Crippen LogP contribution in [-0.4, -0.2) is 60.9 Å². The van der Waals surface area contributed by atoms with Crippen LogP contribution in [-0.2, 0) is 20.7 Å². The molecular weight excluding hydrogens is 512 g/mol. The fraction of sp³-hybridized carbons (Fsp3) is 0.519. The number of benzene rings is 1. The Morgan fingerprint density at radius 1 is 1.24 bits per heavy atom. The third-order valence-corrected chi connectivity index (χ3v) is 9.63. The number of hydrogen-bond donors (Lipinski definition) is 2. The molecular formula is C27H33F2N3O5Si. The number of epoxide rings is 1. The third kappa shape index (κ3) is 5.19. The van der Waals surface area contributed by atoms with Gasteiger partial charge in [0.1, 0.15) is 24.3 Å². The first-order valence-corrected chi connectivity index (χ1v) is 16.4. The van der Waals surface area contributed by atoms with E-state index in [1.807, 2.05) is 19.6 Å². The first kappa shape index (κ1) is 26.7. The Balaban J connectivity index is 1.39. The number of carbonyl (C=O) groups is 2. The maximum atomic E-state index is 14.9. The Kier molecular flexibility index (Phi) is 6.81. The fourth-order valence-corrected chi connectivity index (χ4v) is 7.24. The Bertz CT molecular complexity index is 1250. The number of pyridine rings is 1. The Morgan fingerprint density at radius 3 is 2.47 bits per heavy atom. The molecule has 1 aromatic carbocycles. The van der Waals surface area contributed by atoms with Crippen LogP contribution in [0.3, 0.4) is 0 Å². The molecule has 1 unspecified atom stereocenters. The standard InChI is InChI=1S/C27H33F2N3O5Si/c1-36-22-6-5-18-21(31-22)7-8-32(26(34)16-9-15(10-16)13-27(35)14-37-27)23(18)25(33)30-17-11-19(28)24(20(29)12-17)38(2,3)4/h5-6,11-12,15-16,23,35H,7-10,13-14H2,1-4H3,(H,30,33)/t15?,16?,23-,27?/m1/s1. The van der Waals surface area contributed by atoms with Gasteiger partial charge in [-0.1, -0.05) is 19.6 Å². The van der Waals surface area contributed by atoms with E-state index in [1.165, 1.54) is 12.0 Å². The molecule has 11 heteroatoms. The monoisotopic (exact) mass is 545 g/mol. The summed E-state index contributed by atoms with van der Waals surface area (Å²) in [5.41, 5.74) is 1.19. The minimum absolute atomic E-state index is 0.00520. The van der Waals surface area contributed by atoms with Crippen LogP contribution in [0.4, 0.5) is 14.5 Å². The molecule has 0 bridgehead atoms. The van der Waals surface area contributed by atoms with Gasteiger partial charge >= 0.3 is 0 Å². The van der Waals surface area contributed by atoms with Crippen LogP contribution in [0.15, 0.2) is 24.3 Å². The summed E-state index contributed by atoms with van der Waals surface area (Å²) in [7, 11) is -0.786. The smallest absolute Gasteiger partial charge is 0.251 e. The number of nitrogens with one attached hydrogen (secondary N) is 1. The van der Waals surface area contributed by atoms with Crippen molar-refractivity contribution in [2.24, 2.45) is 11.8 Å². The summed E-state index contributed by atoms with van der Waals surface area (Å²) >= 11 is 0. The number of aromatic nitrogens is 1. The Hall–Kier alpha value is -2.89. The van der Waals surface area contributed by atoms with Gasteiger partial charge in [0, 0.05) is 47.8 Å². The summed E-state index contributed by atoms with van der Waals surface area (Å²) in [5, 5.41) is 12.7. The molecule has 1 aromatic heterocycles. The molecule has 2 atom stereocenters. The highest BCUT2D eigenvalue weighted by Gasteiger charge is 2.49. The lowest BCUT2D eigenvalue weighted by Crippen LogP contribution is -2.50. The van der Waals surface area contributed by atoms with Crippen molar-refractivity contribution < 1.29 is 33.0 Å². The molecule has 204 valence electrons. The minimum atomic E-state index is -2.29. The predicted molar refractivity (Wildman–Crippen MR) is 139 cm³/mol. The van der Waals surface area contributed by atoms with Crippen LogP contribution in [0.1, 0.15) is 36.6 Å². The lowest BCUT2D eigenvalue weighted by atomic mass is 9.71. The fourth-order valence-electron chi connectivity index (χ4n) is 5.66. The van der Waals surface area contributed by atoms with Gasteiger partial charge < -0.3 is 24.8 Å². The number of hydrogen-bond acceptors (Lipinski definition) is 6. The average molecular weight is 546 g/mol. The summed E-state index contributed by atoms with van der Waals surface area (Å²) in [6, 6.07) is 4.60. The second-order valence-corrected chi connectivity index (χ2v) is 16.6. The topological polar surface area (TPSA) is 104 Å². The first-order chi connectivity index (χ1) is 17.9. The van der Waals surface area contributed by atoms with E-state index in [1.54, 1.807) is 12.1 Å². The van der Waals surface area contributed by atoms with Crippen molar-refractivity contribution in [2.75, 3.05) is 25.6 Å². The lowest BCUT2D eigenvalue weighted by molar-refractivity contribution is -0.147. The zero-order chi connectivity index (χ0) is 27.4. The molecule has 1 aliphatic carbocycles. The largest absolute Gasteiger partial charge is 0.481 e. The molecule has 3 aliphatic rings. The molecule has 0 radical (unpaired) electrons. The van der Waals surface area contributed by atoms with Crippen molar-refractivity contribution in [1.29, 1.82) is 0 Å². The van der Waals surface area contributed by atoms with E-state index in [2.05, 4.69) is 10.3 Å². The van der Waals surface area contributed by atoms with Gasteiger partial charge in [-0.05, 0) is 37.0 Å². The van der Waals surface area contributed by atoms with Gasteiger partial charge in [0.2, 0.25) is 11.8 Å². The molecule has 1 saturated heterocycles. The molecule has 8 nitrogen and oxygen atoms in total. The number of amides is 2. The average Bonchev–Trinajstić information content (AvgIpc) is 3.55. The van der Waals surface area contributed by atoms with E-state index in [9.17, 15) is 23.5 Å². The second kappa shape index (κ2) is 9.69. The number of aliphatic hydroxyl groups is 1. The van der Waals surface area contributed by atoms with Crippen LogP contribution in [0.2, 0.25) is 19.6 Å². The van der Waals surface area contributed by atoms with Gasteiger partial charge in [0.15, 0.2) is 5.79 Å². The molecule has 0 spiro atoms. The highest BCUT2D eigenvalue weighted by molar-refractivity contribution is 6.88. The molecule has 5 rings (SSSR count). The van der Waals surface area contributed by atoms with E-state index >= 15 is 0 Å². The number of carbonyl (C=O) groups excluding carboxylic acids is 2.